The Morgan fingerprint density at radius 3 is 2.51 bits per heavy atom. The Labute approximate surface area is 218 Å². The lowest BCUT2D eigenvalue weighted by Gasteiger charge is -2.26. The highest BCUT2D eigenvalue weighted by molar-refractivity contribution is 5.63. The van der Waals surface area contributed by atoms with Crippen molar-refractivity contribution < 1.29 is 4.74 Å². The van der Waals surface area contributed by atoms with E-state index in [0.717, 1.165) is 80.8 Å². The van der Waals surface area contributed by atoms with Gasteiger partial charge in [0.2, 0.25) is 0 Å². The van der Waals surface area contributed by atoms with Crippen molar-refractivity contribution in [1.82, 2.24) is 29.5 Å². The average Bonchev–Trinajstić information content (AvgIpc) is 3.54. The number of hydrogen-bond donors (Lipinski definition) is 0. The first-order valence-corrected chi connectivity index (χ1v) is 13.3. The number of fused-ring (bicyclic) bond motifs is 1. The summed E-state index contributed by atoms with van der Waals surface area (Å²) in [5.41, 5.74) is 8.26. The van der Waals surface area contributed by atoms with Gasteiger partial charge in [-0.2, -0.15) is 10.1 Å². The van der Waals surface area contributed by atoms with Gasteiger partial charge in [-0.25, -0.2) is 9.50 Å². The molecule has 3 aromatic heterocycles. The Morgan fingerprint density at radius 2 is 1.76 bits per heavy atom. The second-order valence-corrected chi connectivity index (χ2v) is 10.4. The van der Waals surface area contributed by atoms with Crippen LogP contribution in [0.1, 0.15) is 34.8 Å². The molecule has 8 heteroatoms. The summed E-state index contributed by atoms with van der Waals surface area (Å²) in [4.78, 5) is 18.8. The van der Waals surface area contributed by atoms with Crippen LogP contribution in [0.5, 0.6) is 0 Å². The van der Waals surface area contributed by atoms with Gasteiger partial charge in [0.15, 0.2) is 0 Å². The van der Waals surface area contributed by atoms with Gasteiger partial charge in [-0.1, -0.05) is 18.2 Å². The summed E-state index contributed by atoms with van der Waals surface area (Å²) in [5, 5.41) is 4.54. The van der Waals surface area contributed by atoms with Crippen molar-refractivity contribution in [2.24, 2.45) is 5.92 Å². The minimum Gasteiger partial charge on any atom is -0.379 e. The second-order valence-electron chi connectivity index (χ2n) is 10.4. The minimum absolute atomic E-state index is 0.599. The molecule has 0 N–H and O–H groups in total. The number of aryl methyl sites for hydroxylation is 3. The molecule has 37 heavy (non-hydrogen) atoms. The van der Waals surface area contributed by atoms with E-state index >= 15 is 0 Å². The summed E-state index contributed by atoms with van der Waals surface area (Å²) in [6.07, 6.45) is 4.22. The molecule has 0 radical (unpaired) electrons. The van der Waals surface area contributed by atoms with Crippen LogP contribution in [0, 0.1) is 26.7 Å². The van der Waals surface area contributed by atoms with Gasteiger partial charge in [0.25, 0.3) is 5.78 Å². The number of hydrogen-bond acceptors (Lipinski definition) is 7. The predicted molar refractivity (Wildman–Crippen MR) is 145 cm³/mol. The van der Waals surface area contributed by atoms with Crippen LogP contribution >= 0.6 is 0 Å². The van der Waals surface area contributed by atoms with Crippen LogP contribution in [0.4, 0.5) is 5.69 Å². The molecular weight excluding hydrogens is 462 g/mol. The maximum absolute atomic E-state index is 5.45. The third kappa shape index (κ3) is 5.08. The van der Waals surface area contributed by atoms with E-state index in [9.17, 15) is 0 Å². The third-order valence-electron chi connectivity index (χ3n) is 7.80. The molecule has 5 heterocycles. The summed E-state index contributed by atoms with van der Waals surface area (Å²) in [6, 6.07) is 13.2. The molecule has 4 aromatic rings. The SMILES string of the molecule is Cc1nc2nc(C)c(C[C@@H]3CCN(c4ccc(-c5ccc(CN6CCOCC6)cn5)cc4)C3)c(C)n2n1. The van der Waals surface area contributed by atoms with Crippen LogP contribution in [0.2, 0.25) is 0 Å². The van der Waals surface area contributed by atoms with Gasteiger partial charge in [0.05, 0.1) is 18.9 Å². The Morgan fingerprint density at radius 1 is 0.946 bits per heavy atom. The van der Waals surface area contributed by atoms with Crippen molar-refractivity contribution in [3.8, 4) is 11.3 Å². The molecule has 1 aromatic carbocycles. The standard InChI is InChI=1S/C29H35N7O/c1-20-27(21(2)36-29(31-20)32-22(3)33-36)16-23-10-11-35(19-23)26-7-5-25(6-8-26)28-9-4-24(17-30-28)18-34-12-14-37-15-13-34/h4-9,17,23H,10-16,18-19H2,1-3H3/t23-/m0/s1. The fourth-order valence-corrected chi connectivity index (χ4v) is 5.68. The highest BCUT2D eigenvalue weighted by atomic mass is 16.5. The number of morpholine rings is 1. The van der Waals surface area contributed by atoms with Crippen molar-refractivity contribution in [2.45, 2.75) is 40.2 Å². The van der Waals surface area contributed by atoms with Gasteiger partial charge in [0.1, 0.15) is 5.82 Å². The Balaban J connectivity index is 1.09. The van der Waals surface area contributed by atoms with E-state index in [4.69, 9.17) is 14.7 Å². The Bertz CT molecular complexity index is 1370. The maximum atomic E-state index is 5.45. The lowest BCUT2D eigenvalue weighted by molar-refractivity contribution is 0.0341. The molecular formula is C29H35N7O. The van der Waals surface area contributed by atoms with E-state index in [1.165, 1.54) is 23.2 Å². The Kier molecular flexibility index (Phi) is 6.61. The van der Waals surface area contributed by atoms with Crippen molar-refractivity contribution in [1.29, 1.82) is 0 Å². The highest BCUT2D eigenvalue weighted by Gasteiger charge is 2.25. The molecule has 8 nitrogen and oxygen atoms in total. The van der Waals surface area contributed by atoms with E-state index in [1.54, 1.807) is 0 Å². The Hall–Kier alpha value is -3.36. The molecule has 0 amide bonds. The number of rotatable bonds is 6. The van der Waals surface area contributed by atoms with Gasteiger partial charge in [-0.15, -0.1) is 0 Å². The van der Waals surface area contributed by atoms with Crippen LogP contribution in [-0.2, 0) is 17.7 Å². The van der Waals surface area contributed by atoms with Crippen LogP contribution in [0.3, 0.4) is 0 Å². The zero-order valence-electron chi connectivity index (χ0n) is 22.0. The second kappa shape index (κ2) is 10.2. The van der Waals surface area contributed by atoms with Crippen molar-refractivity contribution in [3.63, 3.8) is 0 Å². The molecule has 2 aliphatic rings. The third-order valence-corrected chi connectivity index (χ3v) is 7.80. The van der Waals surface area contributed by atoms with Gasteiger partial charge in [0, 0.05) is 61.6 Å². The zero-order valence-corrected chi connectivity index (χ0v) is 22.0. The highest BCUT2D eigenvalue weighted by Crippen LogP contribution is 2.29. The average molecular weight is 498 g/mol. The smallest absolute Gasteiger partial charge is 0.252 e. The van der Waals surface area contributed by atoms with Crippen molar-refractivity contribution in [3.05, 3.63) is 70.9 Å². The van der Waals surface area contributed by atoms with Crippen molar-refractivity contribution in [2.75, 3.05) is 44.3 Å². The van der Waals surface area contributed by atoms with E-state index in [2.05, 4.69) is 70.1 Å². The lowest BCUT2D eigenvalue weighted by Crippen LogP contribution is -2.35. The summed E-state index contributed by atoms with van der Waals surface area (Å²) >= 11 is 0. The number of anilines is 1. The maximum Gasteiger partial charge on any atom is 0.252 e. The lowest BCUT2D eigenvalue weighted by atomic mass is 9.96. The molecule has 192 valence electrons. The largest absolute Gasteiger partial charge is 0.379 e. The van der Waals surface area contributed by atoms with Crippen LogP contribution in [0.15, 0.2) is 42.6 Å². The monoisotopic (exact) mass is 497 g/mol. The summed E-state index contributed by atoms with van der Waals surface area (Å²) in [5.74, 6) is 2.06. The molecule has 0 bridgehead atoms. The molecule has 2 fully saturated rings. The van der Waals surface area contributed by atoms with E-state index < -0.39 is 0 Å². The van der Waals surface area contributed by atoms with E-state index in [-0.39, 0.29) is 0 Å². The first-order chi connectivity index (χ1) is 18.0. The first-order valence-electron chi connectivity index (χ1n) is 13.3. The number of ether oxygens (including phenoxy) is 1. The fourth-order valence-electron chi connectivity index (χ4n) is 5.68. The number of aromatic nitrogens is 5. The van der Waals surface area contributed by atoms with Gasteiger partial charge < -0.3 is 9.64 Å². The normalized spacial score (nSPS) is 18.7. The molecule has 0 unspecified atom stereocenters. The molecule has 6 rings (SSSR count). The van der Waals surface area contributed by atoms with Gasteiger partial charge >= 0.3 is 0 Å². The minimum atomic E-state index is 0.599. The number of benzene rings is 1. The molecule has 0 spiro atoms. The molecule has 1 atom stereocenters. The molecule has 2 aliphatic heterocycles. The summed E-state index contributed by atoms with van der Waals surface area (Å²) in [7, 11) is 0. The van der Waals surface area contributed by atoms with Crippen LogP contribution in [-0.4, -0.2) is 68.9 Å². The first kappa shape index (κ1) is 24.0. The molecule has 0 saturated carbocycles. The van der Waals surface area contributed by atoms with Crippen LogP contribution < -0.4 is 4.90 Å². The predicted octanol–water partition coefficient (Wildman–Crippen LogP) is 4.01. The van der Waals surface area contributed by atoms with Gasteiger partial charge in [-0.3, -0.25) is 9.88 Å². The summed E-state index contributed by atoms with van der Waals surface area (Å²) < 4.78 is 7.34. The van der Waals surface area contributed by atoms with Crippen molar-refractivity contribution >= 4 is 11.5 Å². The fraction of sp³-hybridized carbons (Fsp3) is 0.448. The van der Waals surface area contributed by atoms with E-state index in [1.807, 2.05) is 17.6 Å². The van der Waals surface area contributed by atoms with Crippen LogP contribution in [0.25, 0.3) is 17.0 Å². The molecule has 2 saturated heterocycles. The quantitative estimate of drug-likeness (QED) is 0.399. The number of pyridine rings is 1. The van der Waals surface area contributed by atoms with E-state index in [0.29, 0.717) is 11.7 Å². The number of nitrogens with zero attached hydrogens (tertiary/aromatic N) is 7. The summed E-state index contributed by atoms with van der Waals surface area (Å²) in [6.45, 7) is 12.9. The molecule has 0 aliphatic carbocycles. The topological polar surface area (TPSA) is 71.7 Å². The zero-order chi connectivity index (χ0) is 25.4. The van der Waals surface area contributed by atoms with Gasteiger partial charge in [-0.05, 0) is 68.9 Å².